The van der Waals surface area contributed by atoms with Crippen LogP contribution in [0.1, 0.15) is 31.2 Å². The molecule has 0 amide bonds. The predicted octanol–water partition coefficient (Wildman–Crippen LogP) is 3.01. The van der Waals surface area contributed by atoms with Crippen LogP contribution in [0.3, 0.4) is 0 Å². The largest absolute Gasteiger partial charge is 0.392 e. The van der Waals surface area contributed by atoms with Gasteiger partial charge in [-0.05, 0) is 35.8 Å². The topological polar surface area (TPSA) is 20.2 Å². The molecule has 0 fully saturated rings. The van der Waals surface area contributed by atoms with Crippen LogP contribution in [-0.2, 0) is 6.42 Å². The fourth-order valence-corrected chi connectivity index (χ4v) is 1.86. The van der Waals surface area contributed by atoms with E-state index >= 15 is 0 Å². The molecule has 0 spiro atoms. The first-order valence-electron chi connectivity index (χ1n) is 4.61. The number of rotatable bonds is 2. The van der Waals surface area contributed by atoms with Gasteiger partial charge < -0.3 is 5.11 Å². The average molecular weight is 198 g/mol. The highest BCUT2D eigenvalue weighted by molar-refractivity contribution is 7.10. The molecule has 0 bridgehead atoms. The van der Waals surface area contributed by atoms with Crippen LogP contribution in [0, 0.1) is 12.3 Å². The van der Waals surface area contributed by atoms with Crippen LogP contribution in [0.4, 0.5) is 0 Å². The summed E-state index contributed by atoms with van der Waals surface area (Å²) in [4.78, 5) is 1.32. The molecule has 0 radical (unpaired) electrons. The fourth-order valence-electron chi connectivity index (χ4n) is 1.13. The quantitative estimate of drug-likeness (QED) is 0.774. The van der Waals surface area contributed by atoms with Crippen LogP contribution < -0.4 is 0 Å². The summed E-state index contributed by atoms with van der Waals surface area (Å²) in [5, 5.41) is 12.0. The Labute approximate surface area is 84.4 Å². The lowest BCUT2D eigenvalue weighted by Gasteiger charge is -2.25. The van der Waals surface area contributed by atoms with Crippen molar-refractivity contribution in [3.63, 3.8) is 0 Å². The number of hydrogen-bond acceptors (Lipinski definition) is 2. The van der Waals surface area contributed by atoms with E-state index in [1.807, 2.05) is 0 Å². The van der Waals surface area contributed by atoms with E-state index in [1.165, 1.54) is 10.4 Å². The molecule has 0 aromatic carbocycles. The summed E-state index contributed by atoms with van der Waals surface area (Å²) < 4.78 is 0. The second kappa shape index (κ2) is 3.81. The SMILES string of the molecule is Cc1cc(CC(O)C(C)(C)C)cs1. The Bertz CT molecular complexity index is 270. The third-order valence-corrected chi connectivity index (χ3v) is 3.12. The van der Waals surface area contributed by atoms with Gasteiger partial charge in [-0.15, -0.1) is 11.3 Å². The number of aryl methyl sites for hydroxylation is 1. The summed E-state index contributed by atoms with van der Waals surface area (Å²) in [6.45, 7) is 8.29. The molecule has 2 heteroatoms. The lowest BCUT2D eigenvalue weighted by Crippen LogP contribution is -2.27. The number of aliphatic hydroxyl groups excluding tert-OH is 1. The second-order valence-corrected chi connectivity index (χ2v) is 5.77. The third kappa shape index (κ3) is 3.12. The van der Waals surface area contributed by atoms with Crippen LogP contribution >= 0.6 is 11.3 Å². The first-order chi connectivity index (χ1) is 5.89. The van der Waals surface area contributed by atoms with E-state index in [-0.39, 0.29) is 11.5 Å². The van der Waals surface area contributed by atoms with Crippen LogP contribution in [-0.4, -0.2) is 11.2 Å². The van der Waals surface area contributed by atoms with E-state index in [4.69, 9.17) is 0 Å². The van der Waals surface area contributed by atoms with Gasteiger partial charge in [0, 0.05) is 4.88 Å². The zero-order chi connectivity index (χ0) is 10.1. The van der Waals surface area contributed by atoms with E-state index in [0.29, 0.717) is 0 Å². The molecule has 1 unspecified atom stereocenters. The number of thiophene rings is 1. The van der Waals surface area contributed by atoms with Crippen molar-refractivity contribution in [2.75, 3.05) is 0 Å². The highest BCUT2D eigenvalue weighted by Crippen LogP contribution is 2.24. The molecule has 0 aliphatic heterocycles. The van der Waals surface area contributed by atoms with Gasteiger partial charge in [-0.3, -0.25) is 0 Å². The van der Waals surface area contributed by atoms with E-state index in [2.05, 4.69) is 39.1 Å². The zero-order valence-electron chi connectivity index (χ0n) is 8.79. The maximum atomic E-state index is 9.85. The van der Waals surface area contributed by atoms with Gasteiger partial charge in [0.1, 0.15) is 0 Å². The summed E-state index contributed by atoms with van der Waals surface area (Å²) in [6, 6.07) is 2.15. The van der Waals surface area contributed by atoms with Crippen LogP contribution in [0.25, 0.3) is 0 Å². The highest BCUT2D eigenvalue weighted by Gasteiger charge is 2.22. The maximum absolute atomic E-state index is 9.85. The Kier molecular flexibility index (Phi) is 3.14. The van der Waals surface area contributed by atoms with Gasteiger partial charge >= 0.3 is 0 Å². The molecule has 0 saturated heterocycles. The molecule has 1 rings (SSSR count). The zero-order valence-corrected chi connectivity index (χ0v) is 9.61. The number of hydrogen-bond donors (Lipinski definition) is 1. The minimum atomic E-state index is -0.249. The van der Waals surface area contributed by atoms with Gasteiger partial charge in [0.25, 0.3) is 0 Å². The van der Waals surface area contributed by atoms with E-state index < -0.39 is 0 Å². The summed E-state index contributed by atoms with van der Waals surface area (Å²) in [5.41, 5.74) is 1.24. The Balaban J connectivity index is 2.60. The minimum Gasteiger partial charge on any atom is -0.392 e. The van der Waals surface area contributed by atoms with Crippen LogP contribution in [0.15, 0.2) is 11.4 Å². The molecule has 0 aliphatic carbocycles. The van der Waals surface area contributed by atoms with E-state index in [0.717, 1.165) is 6.42 Å². The van der Waals surface area contributed by atoms with Crippen LogP contribution in [0.2, 0.25) is 0 Å². The summed E-state index contributed by atoms with van der Waals surface area (Å²) in [7, 11) is 0. The molecule has 1 nitrogen and oxygen atoms in total. The minimum absolute atomic E-state index is 0.0180. The van der Waals surface area contributed by atoms with Crippen molar-refractivity contribution in [1.82, 2.24) is 0 Å². The Morgan fingerprint density at radius 1 is 1.46 bits per heavy atom. The molecule has 13 heavy (non-hydrogen) atoms. The summed E-state index contributed by atoms with van der Waals surface area (Å²) >= 11 is 1.75. The third-order valence-electron chi connectivity index (χ3n) is 2.21. The molecule has 74 valence electrons. The standard InChI is InChI=1S/C11H18OS/c1-8-5-9(7-13-8)6-10(12)11(2,3)4/h5,7,10,12H,6H2,1-4H3. The van der Waals surface area contributed by atoms with Crippen molar-refractivity contribution in [3.8, 4) is 0 Å². The predicted molar refractivity (Wildman–Crippen MR) is 58.2 cm³/mol. The summed E-state index contributed by atoms with van der Waals surface area (Å²) in [6.07, 6.45) is 0.523. The highest BCUT2D eigenvalue weighted by atomic mass is 32.1. The second-order valence-electron chi connectivity index (χ2n) is 4.65. The lowest BCUT2D eigenvalue weighted by atomic mass is 9.86. The molecule has 1 N–H and O–H groups in total. The van der Waals surface area contributed by atoms with E-state index in [1.54, 1.807) is 11.3 Å². The summed E-state index contributed by atoms with van der Waals surface area (Å²) in [5.74, 6) is 0. The first-order valence-corrected chi connectivity index (χ1v) is 5.49. The van der Waals surface area contributed by atoms with Crippen molar-refractivity contribution < 1.29 is 5.11 Å². The van der Waals surface area contributed by atoms with Crippen molar-refractivity contribution in [2.24, 2.45) is 5.41 Å². The monoisotopic (exact) mass is 198 g/mol. The Morgan fingerprint density at radius 3 is 2.46 bits per heavy atom. The van der Waals surface area contributed by atoms with Gasteiger partial charge in [-0.2, -0.15) is 0 Å². The van der Waals surface area contributed by atoms with E-state index in [9.17, 15) is 5.11 Å². The molecule has 1 atom stereocenters. The van der Waals surface area contributed by atoms with Gasteiger partial charge in [0.2, 0.25) is 0 Å². The van der Waals surface area contributed by atoms with Gasteiger partial charge in [0.15, 0.2) is 0 Å². The van der Waals surface area contributed by atoms with Crippen molar-refractivity contribution in [2.45, 2.75) is 40.2 Å². The maximum Gasteiger partial charge on any atom is 0.0629 e. The van der Waals surface area contributed by atoms with Gasteiger partial charge in [-0.25, -0.2) is 0 Å². The normalized spacial score (nSPS) is 14.5. The lowest BCUT2D eigenvalue weighted by molar-refractivity contribution is 0.0637. The molecule has 1 heterocycles. The fraction of sp³-hybridized carbons (Fsp3) is 0.636. The number of aliphatic hydroxyl groups is 1. The van der Waals surface area contributed by atoms with Gasteiger partial charge in [0.05, 0.1) is 6.10 Å². The van der Waals surface area contributed by atoms with Crippen molar-refractivity contribution >= 4 is 11.3 Å². The molecular weight excluding hydrogens is 180 g/mol. The molecule has 0 saturated carbocycles. The van der Waals surface area contributed by atoms with Crippen LogP contribution in [0.5, 0.6) is 0 Å². The molecule has 1 aromatic heterocycles. The smallest absolute Gasteiger partial charge is 0.0629 e. The molecule has 1 aromatic rings. The van der Waals surface area contributed by atoms with Crippen molar-refractivity contribution in [3.05, 3.63) is 21.9 Å². The Morgan fingerprint density at radius 2 is 2.08 bits per heavy atom. The first kappa shape index (κ1) is 10.7. The molecular formula is C11H18OS. The molecule has 0 aliphatic rings. The van der Waals surface area contributed by atoms with Crippen molar-refractivity contribution in [1.29, 1.82) is 0 Å². The Hall–Kier alpha value is -0.340. The van der Waals surface area contributed by atoms with Gasteiger partial charge in [-0.1, -0.05) is 20.8 Å². The average Bonchev–Trinajstić information content (AvgIpc) is 2.33.